The van der Waals surface area contributed by atoms with Crippen LogP contribution in [0.15, 0.2) is 29.1 Å². The molecule has 0 fully saturated rings. The SMILES string of the molecule is CNc1nc(=O)c(C#N)c(-c2ccc(C)cc2)s1. The predicted molar refractivity (Wildman–Crippen MR) is 72.8 cm³/mol. The lowest BCUT2D eigenvalue weighted by Crippen LogP contribution is -2.12. The second kappa shape index (κ2) is 4.98. The molecule has 0 radical (unpaired) electrons. The number of hydrogen-bond donors (Lipinski definition) is 1. The predicted octanol–water partition coefficient (Wildman–Crippen LogP) is 2.39. The first-order valence-corrected chi connectivity index (χ1v) is 6.17. The fourth-order valence-electron chi connectivity index (χ4n) is 1.53. The minimum atomic E-state index is -0.490. The zero-order valence-electron chi connectivity index (χ0n) is 10.0. The minimum Gasteiger partial charge on any atom is -0.364 e. The van der Waals surface area contributed by atoms with E-state index in [2.05, 4.69) is 10.3 Å². The highest BCUT2D eigenvalue weighted by molar-refractivity contribution is 7.18. The van der Waals surface area contributed by atoms with Crippen LogP contribution in [0.5, 0.6) is 0 Å². The van der Waals surface area contributed by atoms with Gasteiger partial charge in [-0.25, -0.2) is 0 Å². The summed E-state index contributed by atoms with van der Waals surface area (Å²) in [6, 6.07) is 9.65. The summed E-state index contributed by atoms with van der Waals surface area (Å²) in [5, 5.41) is 12.4. The third-order valence-corrected chi connectivity index (χ3v) is 3.61. The molecule has 0 atom stereocenters. The molecule has 0 aliphatic rings. The summed E-state index contributed by atoms with van der Waals surface area (Å²) in [5.74, 6) is 0. The highest BCUT2D eigenvalue weighted by Crippen LogP contribution is 2.29. The van der Waals surface area contributed by atoms with Crippen LogP contribution in [0.25, 0.3) is 10.4 Å². The summed E-state index contributed by atoms with van der Waals surface area (Å²) >= 11 is 1.30. The smallest absolute Gasteiger partial charge is 0.291 e. The summed E-state index contributed by atoms with van der Waals surface area (Å²) < 4.78 is 0. The molecule has 1 N–H and O–H groups in total. The Hall–Kier alpha value is -2.19. The van der Waals surface area contributed by atoms with E-state index in [1.54, 1.807) is 7.05 Å². The summed E-state index contributed by atoms with van der Waals surface area (Å²) in [6.07, 6.45) is 0. The lowest BCUT2D eigenvalue weighted by atomic mass is 10.1. The summed E-state index contributed by atoms with van der Waals surface area (Å²) in [6.45, 7) is 1.99. The molecule has 0 bridgehead atoms. The zero-order chi connectivity index (χ0) is 13.1. The van der Waals surface area contributed by atoms with E-state index in [1.807, 2.05) is 37.3 Å². The number of nitrogens with zero attached hydrogens (tertiary/aromatic N) is 2. The number of nitrogens with one attached hydrogen (secondary N) is 1. The van der Waals surface area contributed by atoms with Crippen molar-refractivity contribution in [1.82, 2.24) is 4.98 Å². The number of benzene rings is 1. The lowest BCUT2D eigenvalue weighted by Gasteiger charge is -2.05. The molecule has 0 spiro atoms. The van der Waals surface area contributed by atoms with Gasteiger partial charge in [-0.3, -0.25) is 4.79 Å². The highest BCUT2D eigenvalue weighted by atomic mass is 32.1. The normalized spacial score (nSPS) is 9.83. The average Bonchev–Trinajstić information content (AvgIpc) is 2.38. The lowest BCUT2D eigenvalue weighted by molar-refractivity contribution is 1.24. The van der Waals surface area contributed by atoms with Gasteiger partial charge < -0.3 is 5.32 Å². The van der Waals surface area contributed by atoms with Gasteiger partial charge in [0.2, 0.25) is 0 Å². The van der Waals surface area contributed by atoms with E-state index in [1.165, 1.54) is 11.3 Å². The Balaban J connectivity index is 2.69. The molecular weight excluding hydrogens is 246 g/mol. The first kappa shape index (κ1) is 12.3. The van der Waals surface area contributed by atoms with E-state index in [0.717, 1.165) is 11.1 Å². The molecule has 90 valence electrons. The van der Waals surface area contributed by atoms with Gasteiger partial charge in [-0.2, -0.15) is 10.2 Å². The maximum absolute atomic E-state index is 11.7. The second-order valence-corrected chi connectivity index (χ2v) is 4.76. The van der Waals surface area contributed by atoms with Gasteiger partial charge in [-0.15, -0.1) is 0 Å². The van der Waals surface area contributed by atoms with Crippen LogP contribution in [0.1, 0.15) is 11.1 Å². The van der Waals surface area contributed by atoms with Crippen molar-refractivity contribution in [3.63, 3.8) is 0 Å². The number of nitriles is 1. The topological polar surface area (TPSA) is 65.8 Å². The van der Waals surface area contributed by atoms with Crippen LogP contribution in [0.3, 0.4) is 0 Å². The molecule has 0 saturated carbocycles. The highest BCUT2D eigenvalue weighted by Gasteiger charge is 2.12. The molecule has 2 rings (SSSR count). The molecule has 1 aromatic carbocycles. The number of aryl methyl sites for hydroxylation is 1. The van der Waals surface area contributed by atoms with Gasteiger partial charge in [0, 0.05) is 7.05 Å². The van der Waals surface area contributed by atoms with E-state index in [9.17, 15) is 4.79 Å². The molecule has 0 unspecified atom stereocenters. The summed E-state index contributed by atoms with van der Waals surface area (Å²) in [5.41, 5.74) is 1.60. The quantitative estimate of drug-likeness (QED) is 0.897. The van der Waals surface area contributed by atoms with Crippen molar-refractivity contribution >= 4 is 16.5 Å². The van der Waals surface area contributed by atoms with E-state index >= 15 is 0 Å². The minimum absolute atomic E-state index is 0.0999. The Morgan fingerprint density at radius 2 is 2.00 bits per heavy atom. The van der Waals surface area contributed by atoms with Gasteiger partial charge >= 0.3 is 0 Å². The molecular formula is C13H11N3OS. The van der Waals surface area contributed by atoms with Crippen molar-refractivity contribution < 1.29 is 0 Å². The maximum atomic E-state index is 11.7. The number of rotatable bonds is 2. The van der Waals surface area contributed by atoms with E-state index < -0.39 is 5.56 Å². The van der Waals surface area contributed by atoms with Gasteiger partial charge in [0.05, 0.1) is 4.88 Å². The number of hydrogen-bond acceptors (Lipinski definition) is 5. The first-order chi connectivity index (χ1) is 8.65. The Kier molecular flexibility index (Phi) is 3.40. The van der Waals surface area contributed by atoms with Crippen LogP contribution in [-0.4, -0.2) is 12.0 Å². The van der Waals surface area contributed by atoms with Crippen LogP contribution in [-0.2, 0) is 0 Å². The Labute approximate surface area is 109 Å². The Bertz CT molecular complexity index is 668. The third-order valence-electron chi connectivity index (χ3n) is 2.48. The molecule has 0 aliphatic heterocycles. The molecule has 1 heterocycles. The summed E-state index contributed by atoms with van der Waals surface area (Å²) in [4.78, 5) is 16.2. The van der Waals surface area contributed by atoms with Crippen molar-refractivity contribution in [3.05, 3.63) is 45.7 Å². The zero-order valence-corrected chi connectivity index (χ0v) is 10.8. The van der Waals surface area contributed by atoms with Gasteiger partial charge in [-0.05, 0) is 12.5 Å². The van der Waals surface area contributed by atoms with E-state index in [4.69, 9.17) is 5.26 Å². The van der Waals surface area contributed by atoms with Crippen LogP contribution in [0.4, 0.5) is 5.13 Å². The van der Waals surface area contributed by atoms with Gasteiger partial charge in [0.25, 0.3) is 5.56 Å². The molecule has 2 aromatic rings. The molecule has 1 aromatic heterocycles. The average molecular weight is 257 g/mol. The van der Waals surface area contributed by atoms with E-state index in [0.29, 0.717) is 10.0 Å². The Morgan fingerprint density at radius 1 is 1.33 bits per heavy atom. The van der Waals surface area contributed by atoms with Crippen LogP contribution in [0, 0.1) is 18.3 Å². The fraction of sp³-hybridized carbons (Fsp3) is 0.154. The molecule has 0 saturated heterocycles. The van der Waals surface area contributed by atoms with Crippen molar-refractivity contribution in [3.8, 4) is 16.5 Å². The van der Waals surface area contributed by atoms with Crippen LogP contribution >= 0.6 is 11.3 Å². The molecule has 0 amide bonds. The van der Waals surface area contributed by atoms with Crippen molar-refractivity contribution in [2.24, 2.45) is 0 Å². The van der Waals surface area contributed by atoms with E-state index in [-0.39, 0.29) is 5.56 Å². The van der Waals surface area contributed by atoms with Gasteiger partial charge in [0.1, 0.15) is 11.6 Å². The van der Waals surface area contributed by atoms with Crippen molar-refractivity contribution in [1.29, 1.82) is 5.26 Å². The van der Waals surface area contributed by atoms with Crippen molar-refractivity contribution in [2.75, 3.05) is 12.4 Å². The molecule has 5 heteroatoms. The molecule has 18 heavy (non-hydrogen) atoms. The van der Waals surface area contributed by atoms with Gasteiger partial charge in [0.15, 0.2) is 5.13 Å². The maximum Gasteiger partial charge on any atom is 0.291 e. The van der Waals surface area contributed by atoms with Crippen molar-refractivity contribution in [2.45, 2.75) is 6.92 Å². The Morgan fingerprint density at radius 3 is 2.56 bits per heavy atom. The van der Waals surface area contributed by atoms with Crippen LogP contribution in [0.2, 0.25) is 0 Å². The molecule has 4 nitrogen and oxygen atoms in total. The van der Waals surface area contributed by atoms with Crippen LogP contribution < -0.4 is 10.9 Å². The summed E-state index contributed by atoms with van der Waals surface area (Å²) in [7, 11) is 1.70. The molecule has 0 aliphatic carbocycles. The first-order valence-electron chi connectivity index (χ1n) is 5.35. The number of anilines is 1. The largest absolute Gasteiger partial charge is 0.364 e. The third kappa shape index (κ3) is 2.24. The second-order valence-electron chi connectivity index (χ2n) is 3.76. The number of aromatic nitrogens is 1. The standard InChI is InChI=1S/C13H11N3OS/c1-8-3-5-9(6-4-8)11-10(7-14)12(17)16-13(15-2)18-11/h3-6H,1-2H3,(H,15,16,17). The van der Waals surface area contributed by atoms with Gasteiger partial charge in [-0.1, -0.05) is 41.2 Å². The monoisotopic (exact) mass is 257 g/mol. The fourth-order valence-corrected chi connectivity index (χ4v) is 2.44.